The Balaban J connectivity index is 0.000000111. The van der Waals surface area contributed by atoms with Crippen LogP contribution in [-0.2, 0) is 0 Å². The van der Waals surface area contributed by atoms with Crippen molar-refractivity contribution in [3.8, 4) is 158 Å². The molecule has 0 amide bonds. The van der Waals surface area contributed by atoms with E-state index in [9.17, 15) is 0 Å². The minimum Gasteiger partial charge on any atom is -0.456 e. The van der Waals surface area contributed by atoms with Crippen LogP contribution in [-0.4, -0.2) is 44.9 Å². The first-order valence-electron chi connectivity index (χ1n) is 46.4. The van der Waals surface area contributed by atoms with Crippen molar-refractivity contribution in [1.82, 2.24) is 44.9 Å². The topological polar surface area (TPSA) is 155 Å². The van der Waals surface area contributed by atoms with Crippen molar-refractivity contribution >= 4 is 109 Å². The van der Waals surface area contributed by atoms with Crippen LogP contribution in [0.5, 0.6) is 0 Å². The highest BCUT2D eigenvalue weighted by Gasteiger charge is 2.24. The van der Waals surface area contributed by atoms with Crippen LogP contribution >= 0.6 is 0 Å². The summed E-state index contributed by atoms with van der Waals surface area (Å²) >= 11 is 0. The largest absolute Gasteiger partial charge is 0.456 e. The Labute approximate surface area is 799 Å². The Hall–Kier alpha value is -18.9. The van der Waals surface area contributed by atoms with Crippen LogP contribution in [0.4, 0.5) is 0 Å². The van der Waals surface area contributed by atoms with Crippen LogP contribution in [0.3, 0.4) is 0 Å². The van der Waals surface area contributed by atoms with Crippen molar-refractivity contribution in [2.45, 2.75) is 0 Å². The van der Waals surface area contributed by atoms with E-state index in [4.69, 9.17) is 58.1 Å². The average Bonchev–Trinajstić information content (AvgIpc) is 1.48. The molecule has 27 aromatic rings. The summed E-state index contributed by atoms with van der Waals surface area (Å²) in [6.45, 7) is 0. The lowest BCUT2D eigenvalue weighted by atomic mass is 9.92. The van der Waals surface area contributed by atoms with E-state index in [0.717, 1.165) is 193 Å². The SMILES string of the molecule is c1ccc(-c2ccc(-c3nc(-c4ccccc4)nc(-c4ccc(-c5cccc6oc7ccccc7c56)c5ccccc45)n3)cc2)cc1.c1ccc(-c2ccc(-c3nc(-c4ccccc4)nc(-c4ccc(-c5cccc6oc7ccccc7c56)cc4)n3)cc2)cc1.c1ccc2cc(-c3nc(-c4ccc5ccccc5c4)nc(-c4ccc(-c5cccc6oc7ccccc7c56)c5ccccc45)n3)ccc2c1. The molecule has 0 spiro atoms. The molecular weight excluding hydrogens is 1700 g/mol. The highest BCUT2D eigenvalue weighted by molar-refractivity contribution is 6.19. The minimum atomic E-state index is 0.634. The number of aromatic nitrogens is 9. The van der Waals surface area contributed by atoms with Gasteiger partial charge in [-0.2, -0.15) is 0 Å². The van der Waals surface area contributed by atoms with Gasteiger partial charge in [-0.15, -0.1) is 0 Å². The summed E-state index contributed by atoms with van der Waals surface area (Å²) in [5, 5.41) is 15.7. The predicted octanol–water partition coefficient (Wildman–Crippen LogP) is 33.3. The van der Waals surface area contributed by atoms with Crippen molar-refractivity contribution in [2.75, 3.05) is 0 Å². The molecule has 0 bridgehead atoms. The van der Waals surface area contributed by atoms with Gasteiger partial charge in [-0.1, -0.05) is 419 Å². The van der Waals surface area contributed by atoms with E-state index in [-0.39, 0.29) is 0 Å². The van der Waals surface area contributed by atoms with E-state index in [2.05, 4.69) is 346 Å². The number of rotatable bonds is 14. The van der Waals surface area contributed by atoms with Gasteiger partial charge < -0.3 is 13.3 Å². The van der Waals surface area contributed by atoms with E-state index < -0.39 is 0 Å². The molecule has 0 fully saturated rings. The van der Waals surface area contributed by atoms with Gasteiger partial charge in [-0.05, 0) is 159 Å². The third-order valence-electron chi connectivity index (χ3n) is 26.1. The fourth-order valence-corrected chi connectivity index (χ4v) is 19.3. The average molecular weight is 1780 g/mol. The van der Waals surface area contributed by atoms with Crippen molar-refractivity contribution in [3.05, 3.63) is 479 Å². The molecule has 0 radical (unpaired) electrons. The van der Waals surface area contributed by atoms with Crippen LogP contribution in [0.25, 0.3) is 267 Å². The monoisotopic (exact) mass is 1780 g/mol. The van der Waals surface area contributed by atoms with Crippen molar-refractivity contribution in [2.24, 2.45) is 0 Å². The second-order valence-corrected chi connectivity index (χ2v) is 34.5. The summed E-state index contributed by atoms with van der Waals surface area (Å²) in [6.07, 6.45) is 0. The number of hydrogen-bond donors (Lipinski definition) is 0. The second kappa shape index (κ2) is 35.6. The molecule has 0 atom stereocenters. The minimum absolute atomic E-state index is 0.634. The summed E-state index contributed by atoms with van der Waals surface area (Å²) in [4.78, 5) is 45.3. The van der Waals surface area contributed by atoms with Gasteiger partial charge in [0.1, 0.15) is 33.5 Å². The lowest BCUT2D eigenvalue weighted by molar-refractivity contribution is 0.668. The van der Waals surface area contributed by atoms with Crippen molar-refractivity contribution < 1.29 is 13.3 Å². The quantitative estimate of drug-likeness (QED) is 0.102. The van der Waals surface area contributed by atoms with Gasteiger partial charge >= 0.3 is 0 Å². The second-order valence-electron chi connectivity index (χ2n) is 34.5. The van der Waals surface area contributed by atoms with Gasteiger partial charge in [0, 0.05) is 82.4 Å². The Morgan fingerprint density at radius 1 is 0.115 bits per heavy atom. The lowest BCUT2D eigenvalue weighted by Gasteiger charge is -2.14. The first-order chi connectivity index (χ1) is 68.9. The Bertz CT molecular complexity index is 9280. The molecular formula is C127H79N9O3. The zero-order valence-electron chi connectivity index (χ0n) is 74.9. The van der Waals surface area contributed by atoms with Crippen molar-refractivity contribution in [3.63, 3.8) is 0 Å². The molecule has 6 aromatic heterocycles. The van der Waals surface area contributed by atoms with E-state index >= 15 is 0 Å². The summed E-state index contributed by atoms with van der Waals surface area (Å²) < 4.78 is 18.6. The number of hydrogen-bond acceptors (Lipinski definition) is 12. The van der Waals surface area contributed by atoms with E-state index in [0.29, 0.717) is 52.4 Å². The molecule has 0 N–H and O–H groups in total. The van der Waals surface area contributed by atoms with Gasteiger partial charge in [0.25, 0.3) is 0 Å². The third kappa shape index (κ3) is 15.7. The molecule has 6 heterocycles. The lowest BCUT2D eigenvalue weighted by Crippen LogP contribution is -2.01. The highest BCUT2D eigenvalue weighted by atomic mass is 16.3. The zero-order chi connectivity index (χ0) is 92.1. The molecule has 27 rings (SSSR count). The fourth-order valence-electron chi connectivity index (χ4n) is 19.3. The Kier molecular flexibility index (Phi) is 21.0. The summed E-state index contributed by atoms with van der Waals surface area (Å²) in [5.74, 6) is 5.75. The summed E-state index contributed by atoms with van der Waals surface area (Å²) in [7, 11) is 0. The maximum absolute atomic E-state index is 6.26. The molecule has 0 saturated heterocycles. The van der Waals surface area contributed by atoms with E-state index in [1.807, 2.05) is 133 Å². The molecule has 650 valence electrons. The van der Waals surface area contributed by atoms with E-state index in [1.54, 1.807) is 0 Å². The maximum atomic E-state index is 6.26. The van der Waals surface area contributed by atoms with Crippen LogP contribution in [0, 0.1) is 0 Å². The van der Waals surface area contributed by atoms with E-state index in [1.165, 1.54) is 21.9 Å². The fraction of sp³-hybridized carbons (Fsp3) is 0. The van der Waals surface area contributed by atoms with Gasteiger partial charge in [-0.3, -0.25) is 0 Å². The normalized spacial score (nSPS) is 11.5. The first-order valence-corrected chi connectivity index (χ1v) is 46.4. The van der Waals surface area contributed by atoms with Crippen LogP contribution in [0.1, 0.15) is 0 Å². The summed E-state index contributed by atoms with van der Waals surface area (Å²) in [5.41, 5.74) is 25.2. The number of nitrogens with zero attached hydrogens (tertiary/aromatic N) is 9. The molecule has 0 aliphatic heterocycles. The highest BCUT2D eigenvalue weighted by Crippen LogP contribution is 2.46. The number of furan rings is 3. The maximum Gasteiger partial charge on any atom is 0.164 e. The Morgan fingerprint density at radius 2 is 0.338 bits per heavy atom. The zero-order valence-corrected chi connectivity index (χ0v) is 74.9. The van der Waals surface area contributed by atoms with Crippen LogP contribution in [0.15, 0.2) is 492 Å². The molecule has 0 saturated carbocycles. The number of para-hydroxylation sites is 3. The van der Waals surface area contributed by atoms with Gasteiger partial charge in [0.05, 0.1) is 0 Å². The van der Waals surface area contributed by atoms with Crippen molar-refractivity contribution in [1.29, 1.82) is 0 Å². The predicted molar refractivity (Wildman–Crippen MR) is 567 cm³/mol. The van der Waals surface area contributed by atoms with Crippen LogP contribution in [0.2, 0.25) is 0 Å². The smallest absolute Gasteiger partial charge is 0.164 e. The molecule has 0 unspecified atom stereocenters. The third-order valence-corrected chi connectivity index (χ3v) is 26.1. The number of benzene rings is 21. The number of fused-ring (bicyclic) bond motifs is 13. The molecule has 139 heavy (non-hydrogen) atoms. The molecule has 21 aromatic carbocycles. The first kappa shape index (κ1) is 82.0. The van der Waals surface area contributed by atoms with Crippen LogP contribution < -0.4 is 0 Å². The van der Waals surface area contributed by atoms with Gasteiger partial charge in [0.15, 0.2) is 52.4 Å². The Morgan fingerprint density at radius 3 is 0.691 bits per heavy atom. The van der Waals surface area contributed by atoms with Gasteiger partial charge in [0.2, 0.25) is 0 Å². The molecule has 12 heteroatoms. The molecule has 0 aliphatic rings. The summed E-state index contributed by atoms with van der Waals surface area (Å²) in [6, 6.07) is 165. The molecule has 12 nitrogen and oxygen atoms in total. The molecule has 0 aliphatic carbocycles. The standard InChI is InChI=1S/C45H27N3O.C43H27N3O.C39H25N3O/c1-3-12-30-26-32(22-20-28(30)10-1)43-46-44(33-23-21-29-11-2-4-13-31(29)27-33)48-45(47-43)38-25-24-36(34-14-5-6-15-35(34)38)37-17-9-19-41-42(37)39-16-7-8-18-40(39)49-41;1-3-12-28(13-4-1)29-22-24-31(25-23-29)42-44-41(30-14-5-2-6-15-30)45-43(46-42)36-27-26-34(32-16-7-8-17-33(32)36)35-19-11-21-39-40(35)37-18-9-10-20-38(37)47-39;1-3-10-26(11-4-1)27-18-22-30(23-19-27)38-40-37(29-12-5-2-6-13-29)41-39(42-38)31-24-20-28(21-25-31)32-15-9-17-35-36(32)33-14-7-8-16-34(33)43-35/h1-27H;1-27H;1-25H. The van der Waals surface area contributed by atoms with Gasteiger partial charge in [-0.25, -0.2) is 44.9 Å².